The molecule has 0 aromatic heterocycles. The molecule has 2 bridgehead atoms. The largest absolute Gasteiger partial charge is 0.0619 e. The Bertz CT molecular complexity index is 3810. The van der Waals surface area contributed by atoms with Crippen molar-refractivity contribution in [2.75, 3.05) is 0 Å². The van der Waals surface area contributed by atoms with E-state index >= 15 is 0 Å². The number of rotatable bonds is 0. The monoisotopic (exact) mass is 850 g/mol. The first-order chi connectivity index (χ1) is 31.3. The first-order valence-electron chi connectivity index (χ1n) is 24.6. The fourth-order valence-electron chi connectivity index (χ4n) is 13.7. The van der Waals surface area contributed by atoms with Crippen molar-refractivity contribution in [1.29, 1.82) is 0 Å². The van der Waals surface area contributed by atoms with Gasteiger partial charge in [-0.15, -0.1) is 0 Å². The molecule has 0 heteroatoms. The third kappa shape index (κ3) is 4.71. The van der Waals surface area contributed by atoms with Gasteiger partial charge in [-0.05, 0) is 211 Å². The van der Waals surface area contributed by atoms with Crippen LogP contribution in [0.5, 0.6) is 0 Å². The van der Waals surface area contributed by atoms with Crippen molar-refractivity contribution in [3.63, 3.8) is 0 Å². The quantitative estimate of drug-likeness (QED) is 0.105. The molecule has 0 amide bonds. The van der Waals surface area contributed by atoms with E-state index in [-0.39, 0.29) is 33.5 Å². The molecule has 12 aromatic rings. The highest BCUT2D eigenvalue weighted by Gasteiger charge is 2.42. The van der Waals surface area contributed by atoms with Gasteiger partial charge in [-0.2, -0.15) is 0 Å². The molecular formula is C66H58. The summed E-state index contributed by atoms with van der Waals surface area (Å²) < 4.78 is 0. The summed E-state index contributed by atoms with van der Waals surface area (Å²) in [6.45, 7) is 28.8. The molecule has 0 unspecified atom stereocenters. The lowest BCUT2D eigenvalue weighted by Crippen LogP contribution is -2.27. The molecule has 0 spiro atoms. The summed E-state index contributed by atoms with van der Waals surface area (Å²) >= 11 is 0. The zero-order valence-electron chi connectivity index (χ0n) is 40.7. The minimum atomic E-state index is -0.0883. The second-order valence-electron chi connectivity index (χ2n) is 24.8. The van der Waals surface area contributed by atoms with E-state index in [1.165, 1.54) is 153 Å². The van der Waals surface area contributed by atoms with Crippen LogP contribution in [0.4, 0.5) is 0 Å². The highest BCUT2D eigenvalue weighted by atomic mass is 14.4. The lowest BCUT2D eigenvalue weighted by atomic mass is 9.60. The van der Waals surface area contributed by atoms with Crippen molar-refractivity contribution in [1.82, 2.24) is 0 Å². The molecule has 3 aliphatic rings. The van der Waals surface area contributed by atoms with Gasteiger partial charge in [0.2, 0.25) is 0 Å². The molecule has 322 valence electrons. The second-order valence-corrected chi connectivity index (χ2v) is 24.8. The summed E-state index contributed by atoms with van der Waals surface area (Å²) in [5.41, 5.74) is 14.3. The lowest BCUT2D eigenvalue weighted by molar-refractivity contribution is 0.590. The molecule has 0 N–H and O–H groups in total. The summed E-state index contributed by atoms with van der Waals surface area (Å²) in [6, 6.07) is 49.3. The maximum atomic E-state index is 2.71. The van der Waals surface area contributed by atoms with E-state index in [4.69, 9.17) is 0 Å². The average molecular weight is 851 g/mol. The molecule has 0 fully saturated rings. The Hall–Kier alpha value is -6.24. The second kappa shape index (κ2) is 12.0. The van der Waals surface area contributed by atoms with Crippen LogP contribution in [-0.2, 0) is 21.7 Å². The van der Waals surface area contributed by atoms with Crippen molar-refractivity contribution in [2.24, 2.45) is 0 Å². The Morgan fingerprint density at radius 1 is 0.258 bits per heavy atom. The summed E-state index contributed by atoms with van der Waals surface area (Å²) in [5, 5.41) is 25.5. The molecule has 0 saturated carbocycles. The number of fused-ring (bicyclic) bond motifs is 9. The maximum Gasteiger partial charge on any atom is 0.0349 e. The first-order valence-corrected chi connectivity index (χ1v) is 24.6. The van der Waals surface area contributed by atoms with E-state index in [9.17, 15) is 0 Å². The van der Waals surface area contributed by atoms with E-state index in [1.807, 2.05) is 0 Å². The highest BCUT2D eigenvalue weighted by Crippen LogP contribution is 2.61. The fraction of sp³-hybridized carbons (Fsp3) is 0.273. The molecule has 0 atom stereocenters. The van der Waals surface area contributed by atoms with Gasteiger partial charge in [0, 0.05) is 11.8 Å². The standard InChI is InChI=1S/C66H58/c1-63(2,3)35-23-25-41-43(29-35)57-49(65(7,8)9)27-33-21-22-34-28-50(66(10,11)12)58-44-30-36(64(4,5)6)24-26-42(44)56-48-32-46-45(31-47(48)55(41)61-59(57)51(33)52(34)60(58)62(56)61)53-37-17-13-15-19-39(37)54(46)40-20-16-14-18-38(40)53/h13-32,53-54H,1-12H3. The Kier molecular flexibility index (Phi) is 7.09. The van der Waals surface area contributed by atoms with Crippen LogP contribution in [0.25, 0.3) is 97.0 Å². The van der Waals surface area contributed by atoms with Gasteiger partial charge in [0.15, 0.2) is 0 Å². The molecule has 15 rings (SSSR count). The van der Waals surface area contributed by atoms with Crippen LogP contribution in [0, 0.1) is 0 Å². The van der Waals surface area contributed by atoms with E-state index in [0.29, 0.717) is 0 Å². The number of hydrogen-bond donors (Lipinski definition) is 0. The third-order valence-corrected chi connectivity index (χ3v) is 16.7. The number of benzene rings is 12. The van der Waals surface area contributed by atoms with Crippen LogP contribution < -0.4 is 0 Å². The van der Waals surface area contributed by atoms with Crippen LogP contribution >= 0.6 is 0 Å². The summed E-state index contributed by atoms with van der Waals surface area (Å²) in [5.74, 6) is 0.382. The molecule has 0 saturated heterocycles. The smallest absolute Gasteiger partial charge is 0.0349 e. The predicted molar refractivity (Wildman–Crippen MR) is 287 cm³/mol. The van der Waals surface area contributed by atoms with Crippen LogP contribution in [0.1, 0.15) is 151 Å². The molecule has 0 radical (unpaired) electrons. The SMILES string of the molecule is CC(C)(C)c1ccc2c(c1)c1c(C(C)(C)C)cc3ccc4cc(C(C)(C)C)c5c6cc(C(C)(C)C)ccc6c6c7cc8c(cc7c2c2c1c3c4c5c62)C1c2ccccc2C8c2ccccc21. The molecular weight excluding hydrogens is 793 g/mol. The summed E-state index contributed by atoms with van der Waals surface area (Å²) in [7, 11) is 0. The summed E-state index contributed by atoms with van der Waals surface area (Å²) in [6.07, 6.45) is 0. The Labute approximate surface area is 388 Å². The third-order valence-electron chi connectivity index (χ3n) is 16.7. The van der Waals surface area contributed by atoms with Gasteiger partial charge in [-0.25, -0.2) is 0 Å². The minimum Gasteiger partial charge on any atom is -0.0619 e. The van der Waals surface area contributed by atoms with Crippen molar-refractivity contribution in [3.05, 3.63) is 177 Å². The van der Waals surface area contributed by atoms with Gasteiger partial charge < -0.3 is 0 Å². The van der Waals surface area contributed by atoms with Gasteiger partial charge in [0.25, 0.3) is 0 Å². The predicted octanol–water partition coefficient (Wildman–Crippen LogP) is 18.6. The van der Waals surface area contributed by atoms with Crippen LogP contribution in [-0.4, -0.2) is 0 Å². The van der Waals surface area contributed by atoms with Crippen molar-refractivity contribution in [3.8, 4) is 0 Å². The van der Waals surface area contributed by atoms with Gasteiger partial charge in [-0.1, -0.05) is 168 Å². The van der Waals surface area contributed by atoms with Crippen LogP contribution in [0.15, 0.2) is 121 Å². The van der Waals surface area contributed by atoms with Gasteiger partial charge >= 0.3 is 0 Å². The zero-order valence-corrected chi connectivity index (χ0v) is 40.7. The first kappa shape index (κ1) is 39.0. The van der Waals surface area contributed by atoms with Gasteiger partial charge in [-0.3, -0.25) is 0 Å². The Morgan fingerprint density at radius 2 is 0.591 bits per heavy atom. The molecule has 0 heterocycles. The Morgan fingerprint density at radius 3 is 0.924 bits per heavy atom. The number of hydrogen-bond acceptors (Lipinski definition) is 0. The molecule has 66 heavy (non-hydrogen) atoms. The fourth-order valence-corrected chi connectivity index (χ4v) is 13.7. The Balaban J connectivity index is 1.34. The molecule has 0 nitrogen and oxygen atoms in total. The highest BCUT2D eigenvalue weighted by molar-refractivity contribution is 6.55. The zero-order chi connectivity index (χ0) is 45.5. The minimum absolute atomic E-state index is 0.00393. The van der Waals surface area contributed by atoms with Crippen LogP contribution in [0.3, 0.4) is 0 Å². The lowest BCUT2D eigenvalue weighted by Gasteiger charge is -2.42. The van der Waals surface area contributed by atoms with E-state index in [2.05, 4.69) is 204 Å². The van der Waals surface area contributed by atoms with Crippen molar-refractivity contribution < 1.29 is 0 Å². The molecule has 3 aliphatic carbocycles. The van der Waals surface area contributed by atoms with Crippen molar-refractivity contribution >= 4 is 97.0 Å². The molecule has 12 aromatic carbocycles. The normalized spacial score (nSPS) is 16.8. The van der Waals surface area contributed by atoms with Crippen molar-refractivity contribution in [2.45, 2.75) is 117 Å². The van der Waals surface area contributed by atoms with Gasteiger partial charge in [0.1, 0.15) is 0 Å². The maximum absolute atomic E-state index is 2.71. The van der Waals surface area contributed by atoms with E-state index < -0.39 is 0 Å². The topological polar surface area (TPSA) is 0 Å². The van der Waals surface area contributed by atoms with E-state index in [1.54, 1.807) is 0 Å². The molecule has 0 aliphatic heterocycles. The van der Waals surface area contributed by atoms with Crippen LogP contribution in [0.2, 0.25) is 0 Å². The average Bonchev–Trinajstić information content (AvgIpc) is 3.27. The van der Waals surface area contributed by atoms with E-state index in [0.717, 1.165) is 0 Å². The summed E-state index contributed by atoms with van der Waals surface area (Å²) in [4.78, 5) is 0. The van der Waals surface area contributed by atoms with Gasteiger partial charge in [0.05, 0.1) is 0 Å².